The smallest absolute Gasteiger partial charge is 0.284 e. The number of benzene rings is 3. The third-order valence-electron chi connectivity index (χ3n) is 3.79. The van der Waals surface area contributed by atoms with Crippen molar-refractivity contribution in [3.05, 3.63) is 91.0 Å². The Kier molecular flexibility index (Phi) is 4.88. The second kappa shape index (κ2) is 6.83. The molecule has 0 bridgehead atoms. The normalized spacial score (nSPS) is 12.6. The van der Waals surface area contributed by atoms with Crippen LogP contribution in [-0.4, -0.2) is 16.8 Å². The van der Waals surface area contributed by atoms with Gasteiger partial charge < -0.3 is 0 Å². The van der Waals surface area contributed by atoms with Gasteiger partial charge in [-0.05, 0) is 36.4 Å². The van der Waals surface area contributed by atoms with Crippen LogP contribution in [0.2, 0.25) is 0 Å². The van der Waals surface area contributed by atoms with Crippen LogP contribution in [-0.2, 0) is 23.5 Å². The Morgan fingerprint density at radius 1 is 0.500 bits per heavy atom. The summed E-state index contributed by atoms with van der Waals surface area (Å²) < 4.78 is 66.8. The summed E-state index contributed by atoms with van der Waals surface area (Å²) in [6.07, 6.45) is 0. The van der Waals surface area contributed by atoms with Gasteiger partial charge in [-0.2, -0.15) is 0 Å². The number of hydrogen-bond donors (Lipinski definition) is 0. The van der Waals surface area contributed by atoms with E-state index in [0.29, 0.717) is 0 Å². The Morgan fingerprint density at radius 3 is 1.15 bits per heavy atom. The zero-order valence-corrected chi connectivity index (χ0v) is 16.0. The fourth-order valence-corrected chi connectivity index (χ4v) is 14.8. The maximum atomic E-state index is 13.9. The lowest BCUT2D eigenvalue weighted by Crippen LogP contribution is -2.21. The fourth-order valence-electron chi connectivity index (χ4n) is 2.48. The maximum absolute atomic E-state index is 13.9. The SMILES string of the molecule is O=P(c1ccccc1)(S(=O)(=O)c1ccccc1)S(=O)(=O)c1ccccc1. The predicted octanol–water partition coefficient (Wildman–Crippen LogP) is 3.45. The highest BCUT2D eigenvalue weighted by atomic mass is 33.1. The third-order valence-corrected chi connectivity index (χ3v) is 17.6. The van der Waals surface area contributed by atoms with Crippen LogP contribution in [0, 0.1) is 0 Å². The van der Waals surface area contributed by atoms with E-state index in [4.69, 9.17) is 0 Å². The first kappa shape index (κ1) is 18.6. The average Bonchev–Trinajstić information content (AvgIpc) is 2.69. The molecule has 0 aromatic heterocycles. The minimum Gasteiger partial charge on any atom is -0.284 e. The molecule has 0 saturated heterocycles. The van der Waals surface area contributed by atoms with Gasteiger partial charge in [0.25, 0.3) is 0 Å². The van der Waals surface area contributed by atoms with Gasteiger partial charge in [-0.1, -0.05) is 54.6 Å². The second-order valence-electron chi connectivity index (χ2n) is 5.41. The summed E-state index contributed by atoms with van der Waals surface area (Å²) in [7, 11) is -9.38. The molecule has 0 N–H and O–H groups in total. The predicted molar refractivity (Wildman–Crippen MR) is 101 cm³/mol. The topological polar surface area (TPSA) is 85.3 Å². The molecule has 5 nitrogen and oxygen atoms in total. The molecule has 134 valence electrons. The molecule has 0 radical (unpaired) electrons. The van der Waals surface area contributed by atoms with Gasteiger partial charge in [0, 0.05) is 5.30 Å². The van der Waals surface area contributed by atoms with Gasteiger partial charge in [0.15, 0.2) is 0 Å². The molecular weight excluding hydrogens is 391 g/mol. The molecule has 0 amide bonds. The van der Waals surface area contributed by atoms with E-state index in [1.807, 2.05) is 0 Å². The Bertz CT molecular complexity index is 1080. The first-order chi connectivity index (χ1) is 12.3. The molecule has 3 rings (SSSR count). The highest BCUT2D eigenvalue weighted by molar-refractivity contribution is 8.86. The van der Waals surface area contributed by atoms with Crippen molar-refractivity contribution in [3.63, 3.8) is 0 Å². The van der Waals surface area contributed by atoms with Gasteiger partial charge in [-0.3, -0.25) is 4.57 Å². The van der Waals surface area contributed by atoms with Crippen LogP contribution in [0.1, 0.15) is 0 Å². The summed E-state index contributed by atoms with van der Waals surface area (Å²) >= 11 is 0. The molecule has 26 heavy (non-hydrogen) atoms. The van der Waals surface area contributed by atoms with E-state index in [-0.39, 0.29) is 15.1 Å². The van der Waals surface area contributed by atoms with Gasteiger partial charge in [0.05, 0.1) is 9.79 Å². The van der Waals surface area contributed by atoms with Crippen molar-refractivity contribution in [2.24, 2.45) is 0 Å². The van der Waals surface area contributed by atoms with Crippen LogP contribution >= 0.6 is 5.55 Å². The molecule has 0 unspecified atom stereocenters. The first-order valence-electron chi connectivity index (χ1n) is 7.58. The fraction of sp³-hybridized carbons (Fsp3) is 0. The van der Waals surface area contributed by atoms with Gasteiger partial charge in [0.1, 0.15) is 0 Å². The summed E-state index contributed by atoms with van der Waals surface area (Å²) in [5.41, 5.74) is -4.98. The molecule has 3 aromatic carbocycles. The average molecular weight is 406 g/mol. The van der Waals surface area contributed by atoms with Gasteiger partial charge in [-0.15, -0.1) is 0 Å². The van der Waals surface area contributed by atoms with E-state index < -0.39 is 24.5 Å². The molecule has 3 aromatic rings. The van der Waals surface area contributed by atoms with Crippen molar-refractivity contribution in [2.45, 2.75) is 9.79 Å². The Morgan fingerprint density at radius 2 is 0.808 bits per heavy atom. The molecule has 0 saturated carbocycles. The second-order valence-corrected chi connectivity index (χ2v) is 16.4. The molecule has 0 fully saturated rings. The maximum Gasteiger partial charge on any atom is 0.340 e. The van der Waals surface area contributed by atoms with Crippen LogP contribution in [0.25, 0.3) is 0 Å². The van der Waals surface area contributed by atoms with E-state index in [9.17, 15) is 21.4 Å². The molecule has 0 aliphatic rings. The van der Waals surface area contributed by atoms with Crippen molar-refractivity contribution in [2.75, 3.05) is 0 Å². The molecule has 0 heterocycles. The lowest BCUT2D eigenvalue weighted by molar-refractivity contribution is 0.573. The largest absolute Gasteiger partial charge is 0.340 e. The lowest BCUT2D eigenvalue weighted by atomic mass is 10.4. The monoisotopic (exact) mass is 406 g/mol. The van der Waals surface area contributed by atoms with Crippen LogP contribution in [0.3, 0.4) is 0 Å². The molecule has 0 spiro atoms. The Hall–Kier alpha value is -2.21. The molecule has 0 aliphatic carbocycles. The third kappa shape index (κ3) is 2.82. The van der Waals surface area contributed by atoms with Crippen molar-refractivity contribution in [3.8, 4) is 0 Å². The zero-order valence-electron chi connectivity index (χ0n) is 13.5. The van der Waals surface area contributed by atoms with Crippen LogP contribution in [0.4, 0.5) is 0 Å². The molecule has 0 aliphatic heterocycles. The van der Waals surface area contributed by atoms with Crippen LogP contribution in [0.15, 0.2) is 101 Å². The van der Waals surface area contributed by atoms with Crippen LogP contribution in [0.5, 0.6) is 0 Å². The van der Waals surface area contributed by atoms with Crippen molar-refractivity contribution >= 4 is 29.8 Å². The standard InChI is InChI=1S/C18H15O5PS2/c19-24(16-10-4-1-5-11-16,25(20,21)17-12-6-2-7-13-17)26(22,23)18-14-8-3-9-15-18/h1-15H. The zero-order chi connectivity index (χ0) is 18.8. The highest BCUT2D eigenvalue weighted by Crippen LogP contribution is 2.62. The van der Waals surface area contributed by atoms with Crippen LogP contribution < -0.4 is 5.30 Å². The summed E-state index contributed by atoms with van der Waals surface area (Å²) in [6, 6.07) is 21.0. The lowest BCUT2D eigenvalue weighted by Gasteiger charge is -2.19. The van der Waals surface area contributed by atoms with E-state index in [2.05, 4.69) is 0 Å². The quantitative estimate of drug-likeness (QED) is 0.606. The van der Waals surface area contributed by atoms with Gasteiger partial charge in [0.2, 0.25) is 18.9 Å². The first-order valence-corrected chi connectivity index (χ1v) is 13.5. The van der Waals surface area contributed by atoms with Crippen molar-refractivity contribution in [1.29, 1.82) is 0 Å². The Balaban J connectivity index is 2.39. The van der Waals surface area contributed by atoms with E-state index in [0.717, 1.165) is 0 Å². The van der Waals surface area contributed by atoms with E-state index >= 15 is 0 Å². The molecule has 0 atom stereocenters. The summed E-state index contributed by atoms with van der Waals surface area (Å²) in [4.78, 5) is -0.599. The number of rotatable bonds is 5. The molecular formula is C18H15O5PS2. The highest BCUT2D eigenvalue weighted by Gasteiger charge is 2.53. The van der Waals surface area contributed by atoms with E-state index in [1.54, 1.807) is 18.2 Å². The number of hydrogen-bond acceptors (Lipinski definition) is 5. The minimum absolute atomic E-state index is 0.243. The van der Waals surface area contributed by atoms with Gasteiger partial charge in [-0.25, -0.2) is 16.8 Å². The van der Waals surface area contributed by atoms with E-state index in [1.165, 1.54) is 72.8 Å². The summed E-state index contributed by atoms with van der Waals surface area (Å²) in [5.74, 6) is 0. The van der Waals surface area contributed by atoms with Gasteiger partial charge >= 0.3 is 5.55 Å². The summed E-state index contributed by atoms with van der Waals surface area (Å²) in [5, 5.41) is -0.243. The molecule has 8 heteroatoms. The Labute approximate surface area is 152 Å². The minimum atomic E-state index is -4.98. The van der Waals surface area contributed by atoms with Crippen molar-refractivity contribution in [1.82, 2.24) is 0 Å². The summed E-state index contributed by atoms with van der Waals surface area (Å²) in [6.45, 7) is 0. The van der Waals surface area contributed by atoms with Crippen molar-refractivity contribution < 1.29 is 21.4 Å².